The van der Waals surface area contributed by atoms with E-state index in [1.807, 2.05) is 0 Å². The van der Waals surface area contributed by atoms with Gasteiger partial charge in [-0.1, -0.05) is 0 Å². The minimum atomic E-state index is -4.41. The molecule has 1 rings (SSSR count). The molecule has 0 aliphatic heterocycles. The van der Waals surface area contributed by atoms with Crippen LogP contribution in [0.5, 0.6) is 0 Å². The van der Waals surface area contributed by atoms with Crippen molar-refractivity contribution >= 4 is 10.4 Å². The van der Waals surface area contributed by atoms with Crippen LogP contribution in [-0.2, 0) is 21.6 Å². The summed E-state index contributed by atoms with van der Waals surface area (Å²) in [5.74, 6) is 0. The Balaban J connectivity index is 0.000000288. The van der Waals surface area contributed by atoms with Gasteiger partial charge < -0.3 is 4.55 Å². The molecule has 0 N–H and O–H groups in total. The first-order chi connectivity index (χ1) is 6.76. The van der Waals surface area contributed by atoms with Gasteiger partial charge in [-0.15, -0.1) is 0 Å². The molecule has 0 radical (unpaired) electrons. The van der Waals surface area contributed by atoms with Crippen LogP contribution < -0.4 is 4.57 Å². The standard InChI is InChI=1S/C8H12N.CH4O4S/c1-7-4-5-9(3)8(2)6-7;1-5-6(2,3)4/h4-6H,1-3H3;1H3,(H,2,3,4)/q+1;/p-1. The summed E-state index contributed by atoms with van der Waals surface area (Å²) in [5, 5.41) is 0. The van der Waals surface area contributed by atoms with Crippen LogP contribution in [0, 0.1) is 13.8 Å². The number of aryl methyl sites for hydroxylation is 3. The lowest BCUT2D eigenvalue weighted by Gasteiger charge is -1.98. The van der Waals surface area contributed by atoms with Gasteiger partial charge in [0.05, 0.1) is 7.11 Å². The largest absolute Gasteiger partial charge is 0.726 e. The summed E-state index contributed by atoms with van der Waals surface area (Å²) < 4.78 is 33.1. The van der Waals surface area contributed by atoms with Crippen LogP contribution in [0.4, 0.5) is 0 Å². The maximum absolute atomic E-state index is 9.22. The van der Waals surface area contributed by atoms with Crippen LogP contribution in [0.1, 0.15) is 11.3 Å². The lowest BCUT2D eigenvalue weighted by molar-refractivity contribution is -0.677. The van der Waals surface area contributed by atoms with Crippen LogP contribution in [0.25, 0.3) is 0 Å². The van der Waals surface area contributed by atoms with E-state index in [-0.39, 0.29) is 0 Å². The first-order valence-electron chi connectivity index (χ1n) is 4.20. The predicted molar refractivity (Wildman–Crippen MR) is 53.8 cm³/mol. The van der Waals surface area contributed by atoms with Crippen molar-refractivity contribution in [2.24, 2.45) is 7.05 Å². The quantitative estimate of drug-likeness (QED) is 0.395. The van der Waals surface area contributed by atoms with Crippen molar-refractivity contribution in [2.75, 3.05) is 7.11 Å². The van der Waals surface area contributed by atoms with Crippen molar-refractivity contribution in [1.29, 1.82) is 0 Å². The first-order valence-corrected chi connectivity index (χ1v) is 5.54. The van der Waals surface area contributed by atoms with Crippen molar-refractivity contribution in [3.8, 4) is 0 Å². The third-order valence-corrected chi connectivity index (χ3v) is 2.17. The average molecular weight is 233 g/mol. The molecule has 5 nitrogen and oxygen atoms in total. The molecule has 1 aromatic heterocycles. The molecule has 15 heavy (non-hydrogen) atoms. The average Bonchev–Trinajstić information content (AvgIpc) is 2.12. The Hall–Kier alpha value is -0.980. The Bertz CT molecular complexity index is 414. The number of hydrogen-bond acceptors (Lipinski definition) is 4. The van der Waals surface area contributed by atoms with Gasteiger partial charge in [-0.2, -0.15) is 0 Å². The molecule has 0 amide bonds. The van der Waals surface area contributed by atoms with E-state index in [1.54, 1.807) is 0 Å². The number of aromatic nitrogens is 1. The van der Waals surface area contributed by atoms with E-state index < -0.39 is 10.4 Å². The summed E-state index contributed by atoms with van der Waals surface area (Å²) >= 11 is 0. The molecule has 86 valence electrons. The minimum absolute atomic E-state index is 0.808. The summed E-state index contributed by atoms with van der Waals surface area (Å²) in [6.45, 7) is 4.21. The fourth-order valence-corrected chi connectivity index (χ4v) is 0.826. The number of pyridine rings is 1. The molecular weight excluding hydrogens is 218 g/mol. The zero-order chi connectivity index (χ0) is 12.1. The zero-order valence-corrected chi connectivity index (χ0v) is 10.0. The van der Waals surface area contributed by atoms with Gasteiger partial charge in [-0.05, 0) is 12.5 Å². The molecule has 0 saturated carbocycles. The smallest absolute Gasteiger partial charge is 0.217 e. The third-order valence-electron chi connectivity index (χ3n) is 1.76. The summed E-state index contributed by atoms with van der Waals surface area (Å²) in [6.07, 6.45) is 2.07. The van der Waals surface area contributed by atoms with Gasteiger partial charge >= 0.3 is 0 Å². The van der Waals surface area contributed by atoms with Crippen molar-refractivity contribution in [3.63, 3.8) is 0 Å². The first kappa shape index (κ1) is 14.0. The van der Waals surface area contributed by atoms with E-state index >= 15 is 0 Å². The van der Waals surface area contributed by atoms with Gasteiger partial charge in [0, 0.05) is 19.1 Å². The van der Waals surface area contributed by atoms with Gasteiger partial charge in [0.25, 0.3) is 0 Å². The van der Waals surface area contributed by atoms with E-state index in [0.717, 1.165) is 7.11 Å². The second-order valence-corrected chi connectivity index (χ2v) is 4.18. The van der Waals surface area contributed by atoms with Gasteiger partial charge in [0.1, 0.15) is 7.05 Å². The van der Waals surface area contributed by atoms with Crippen LogP contribution in [0.3, 0.4) is 0 Å². The van der Waals surface area contributed by atoms with E-state index in [9.17, 15) is 13.0 Å². The number of nitrogens with zero attached hydrogens (tertiary/aromatic N) is 1. The molecule has 0 aliphatic carbocycles. The van der Waals surface area contributed by atoms with Crippen LogP contribution >= 0.6 is 0 Å². The van der Waals surface area contributed by atoms with E-state index in [2.05, 4.69) is 48.0 Å². The van der Waals surface area contributed by atoms with E-state index in [1.165, 1.54) is 11.3 Å². The molecule has 6 heteroatoms. The molecule has 0 saturated heterocycles. The SMILES string of the molecule is COS(=O)(=O)[O-].Cc1cc[n+](C)c(C)c1. The molecule has 1 aromatic rings. The Morgan fingerprint density at radius 1 is 1.40 bits per heavy atom. The molecule has 0 bridgehead atoms. The minimum Gasteiger partial charge on any atom is -0.726 e. The van der Waals surface area contributed by atoms with Crippen molar-refractivity contribution in [3.05, 3.63) is 29.6 Å². The molecule has 0 aliphatic rings. The van der Waals surface area contributed by atoms with Crippen LogP contribution in [0.15, 0.2) is 18.3 Å². The second kappa shape index (κ2) is 5.79. The highest BCUT2D eigenvalue weighted by Crippen LogP contribution is 1.94. The molecular formula is C9H15NO4S. The molecule has 0 aromatic carbocycles. The predicted octanol–water partition coefficient (Wildman–Crippen LogP) is 0.221. The van der Waals surface area contributed by atoms with Crippen molar-refractivity contribution in [1.82, 2.24) is 0 Å². The molecule has 0 fully saturated rings. The number of hydrogen-bond donors (Lipinski definition) is 0. The highest BCUT2D eigenvalue weighted by molar-refractivity contribution is 7.80. The maximum Gasteiger partial charge on any atom is 0.217 e. The summed E-state index contributed by atoms with van der Waals surface area (Å²) in [6, 6.07) is 4.27. The Morgan fingerprint density at radius 3 is 2.13 bits per heavy atom. The topological polar surface area (TPSA) is 70.3 Å². The molecule has 0 unspecified atom stereocenters. The number of rotatable bonds is 1. The molecule has 0 atom stereocenters. The Morgan fingerprint density at radius 2 is 1.87 bits per heavy atom. The van der Waals surface area contributed by atoms with Crippen LogP contribution in [-0.4, -0.2) is 20.1 Å². The maximum atomic E-state index is 9.22. The van der Waals surface area contributed by atoms with Crippen LogP contribution in [0.2, 0.25) is 0 Å². The Labute approximate surface area is 90.3 Å². The van der Waals surface area contributed by atoms with E-state index in [0.29, 0.717) is 0 Å². The van der Waals surface area contributed by atoms with Gasteiger partial charge in [-0.25, -0.2) is 13.0 Å². The Kier molecular flexibility index (Phi) is 5.41. The summed E-state index contributed by atoms with van der Waals surface area (Å²) in [7, 11) is -1.55. The fraction of sp³-hybridized carbons (Fsp3) is 0.444. The molecule has 1 heterocycles. The highest BCUT2D eigenvalue weighted by atomic mass is 32.3. The van der Waals surface area contributed by atoms with E-state index in [4.69, 9.17) is 0 Å². The zero-order valence-electron chi connectivity index (χ0n) is 9.22. The monoisotopic (exact) mass is 233 g/mol. The van der Waals surface area contributed by atoms with Gasteiger partial charge in [0.15, 0.2) is 11.9 Å². The second-order valence-electron chi connectivity index (χ2n) is 3.03. The summed E-state index contributed by atoms with van der Waals surface area (Å²) in [4.78, 5) is 0. The lowest BCUT2D eigenvalue weighted by atomic mass is 10.2. The fourth-order valence-electron chi connectivity index (χ4n) is 0.826. The highest BCUT2D eigenvalue weighted by Gasteiger charge is 1.96. The summed E-state index contributed by atoms with van der Waals surface area (Å²) in [5.41, 5.74) is 2.63. The third kappa shape index (κ3) is 7.01. The lowest BCUT2D eigenvalue weighted by Crippen LogP contribution is -2.30. The van der Waals surface area contributed by atoms with Gasteiger partial charge in [-0.3, -0.25) is 4.18 Å². The van der Waals surface area contributed by atoms with Crippen molar-refractivity contribution in [2.45, 2.75) is 13.8 Å². The van der Waals surface area contributed by atoms with Gasteiger partial charge in [0.2, 0.25) is 10.4 Å². The van der Waals surface area contributed by atoms with Crippen molar-refractivity contribution < 1.29 is 21.7 Å². The normalized spacial score (nSPS) is 10.5. The molecule has 0 spiro atoms.